The minimum absolute atomic E-state index is 0.0187. The van der Waals surface area contributed by atoms with Crippen LogP contribution in [0.15, 0.2) is 57.8 Å². The molecular weight excluding hydrogens is 397 g/mol. The van der Waals surface area contributed by atoms with Crippen LogP contribution in [-0.4, -0.2) is 30.2 Å². The number of rotatable bonds is 4. The summed E-state index contributed by atoms with van der Waals surface area (Å²) in [5.74, 6) is -1.14. The molecule has 148 valence electrons. The summed E-state index contributed by atoms with van der Waals surface area (Å²) in [5, 5.41) is 4.55. The maximum absolute atomic E-state index is 13.4. The molecule has 1 amide bonds. The van der Waals surface area contributed by atoms with E-state index in [1.165, 1.54) is 28.8 Å². The van der Waals surface area contributed by atoms with Gasteiger partial charge in [-0.3, -0.25) is 4.79 Å². The average molecular weight is 413 g/mol. The summed E-state index contributed by atoms with van der Waals surface area (Å²) in [6.07, 6.45) is 1.13. The van der Waals surface area contributed by atoms with Crippen LogP contribution in [0.1, 0.15) is 16.2 Å². The molecule has 4 rings (SSSR count). The van der Waals surface area contributed by atoms with Gasteiger partial charge >= 0.3 is 0 Å². The van der Waals surface area contributed by atoms with Gasteiger partial charge in [-0.15, -0.1) is 0 Å². The van der Waals surface area contributed by atoms with E-state index < -0.39 is 21.6 Å². The topological polar surface area (TPSA) is 108 Å². The molecule has 0 fully saturated rings. The van der Waals surface area contributed by atoms with E-state index in [1.54, 1.807) is 31.2 Å². The summed E-state index contributed by atoms with van der Waals surface area (Å²) in [6.45, 7) is 1.65. The Morgan fingerprint density at radius 2 is 1.66 bits per heavy atom. The van der Waals surface area contributed by atoms with Gasteiger partial charge in [0, 0.05) is 11.8 Å². The highest BCUT2D eigenvalue weighted by Crippen LogP contribution is 2.37. The number of amides is 1. The summed E-state index contributed by atoms with van der Waals surface area (Å²) < 4.78 is 44.0. The SMILES string of the molecule is Cc1c(C(N)=O)oc2c(-c3ccc(F)cc3)c(-c3ccc(S(C)(=O)=O)cc3)nn12. The average Bonchev–Trinajstić information content (AvgIpc) is 3.19. The number of nitrogens with two attached hydrogens (primary N) is 1. The number of sulfone groups is 1. The zero-order valence-corrected chi connectivity index (χ0v) is 16.3. The summed E-state index contributed by atoms with van der Waals surface area (Å²) in [7, 11) is -3.34. The standard InChI is InChI=1S/C20H16FN3O4S/c1-11-18(19(22)25)28-20-16(12-3-7-14(21)8-4-12)17(23-24(11)20)13-5-9-15(10-6-13)29(2,26)27/h3-10H,1-2H3,(H2,22,25). The van der Waals surface area contributed by atoms with Crippen LogP contribution in [-0.2, 0) is 9.84 Å². The van der Waals surface area contributed by atoms with Crippen molar-refractivity contribution in [1.82, 2.24) is 9.61 Å². The third-order valence-corrected chi connectivity index (χ3v) is 5.73. The second kappa shape index (κ2) is 6.56. The molecule has 0 radical (unpaired) electrons. The van der Waals surface area contributed by atoms with Gasteiger partial charge in [0.15, 0.2) is 9.84 Å². The molecule has 0 aliphatic carbocycles. The Morgan fingerprint density at radius 3 is 2.21 bits per heavy atom. The fourth-order valence-electron chi connectivity index (χ4n) is 3.16. The molecule has 9 heteroatoms. The predicted molar refractivity (Wildman–Crippen MR) is 105 cm³/mol. The molecule has 2 aromatic carbocycles. The first-order chi connectivity index (χ1) is 13.7. The number of hydrogen-bond donors (Lipinski definition) is 1. The van der Waals surface area contributed by atoms with Crippen molar-refractivity contribution in [2.24, 2.45) is 5.73 Å². The minimum atomic E-state index is -3.34. The molecule has 0 saturated heterocycles. The van der Waals surface area contributed by atoms with Crippen molar-refractivity contribution in [3.05, 3.63) is 65.8 Å². The first-order valence-electron chi connectivity index (χ1n) is 8.55. The highest BCUT2D eigenvalue weighted by Gasteiger charge is 2.25. The van der Waals surface area contributed by atoms with Gasteiger partial charge < -0.3 is 10.2 Å². The Morgan fingerprint density at radius 1 is 1.07 bits per heavy atom. The molecule has 2 N–H and O–H groups in total. The Kier molecular flexibility index (Phi) is 4.27. The number of nitrogens with zero attached hydrogens (tertiary/aromatic N) is 2. The smallest absolute Gasteiger partial charge is 0.286 e. The molecule has 0 spiro atoms. The molecule has 0 unspecified atom stereocenters. The fourth-order valence-corrected chi connectivity index (χ4v) is 3.79. The summed E-state index contributed by atoms with van der Waals surface area (Å²) in [6, 6.07) is 12.0. The number of halogens is 1. The summed E-state index contributed by atoms with van der Waals surface area (Å²) >= 11 is 0. The van der Waals surface area contributed by atoms with Crippen molar-refractivity contribution in [3.63, 3.8) is 0 Å². The van der Waals surface area contributed by atoms with Gasteiger partial charge in [-0.1, -0.05) is 24.3 Å². The number of primary amides is 1. The van der Waals surface area contributed by atoms with Crippen molar-refractivity contribution in [2.45, 2.75) is 11.8 Å². The van der Waals surface area contributed by atoms with Gasteiger partial charge in [-0.2, -0.15) is 5.10 Å². The molecule has 7 nitrogen and oxygen atoms in total. The van der Waals surface area contributed by atoms with Gasteiger partial charge in [0.2, 0.25) is 11.5 Å². The minimum Gasteiger partial charge on any atom is -0.430 e. The molecule has 4 aromatic rings. The Balaban J connectivity index is 1.99. The Hall–Kier alpha value is -3.46. The lowest BCUT2D eigenvalue weighted by atomic mass is 10.0. The first kappa shape index (κ1) is 18.9. The van der Waals surface area contributed by atoms with E-state index in [-0.39, 0.29) is 16.4 Å². The highest BCUT2D eigenvalue weighted by atomic mass is 32.2. The molecule has 0 aliphatic heterocycles. The lowest BCUT2D eigenvalue weighted by molar-refractivity contribution is 0.0975. The summed E-state index contributed by atoms with van der Waals surface area (Å²) in [5.41, 5.74) is 8.36. The quantitative estimate of drug-likeness (QED) is 0.553. The number of oxazole rings is 1. The van der Waals surface area contributed by atoms with E-state index in [0.29, 0.717) is 28.1 Å². The van der Waals surface area contributed by atoms with Crippen LogP contribution >= 0.6 is 0 Å². The number of hydrogen-bond acceptors (Lipinski definition) is 5. The highest BCUT2D eigenvalue weighted by molar-refractivity contribution is 7.90. The van der Waals surface area contributed by atoms with E-state index in [2.05, 4.69) is 5.10 Å². The van der Waals surface area contributed by atoms with Gasteiger partial charge in [0.25, 0.3) is 5.91 Å². The van der Waals surface area contributed by atoms with Crippen molar-refractivity contribution in [2.75, 3.05) is 6.26 Å². The van der Waals surface area contributed by atoms with Crippen LogP contribution in [0, 0.1) is 12.7 Å². The van der Waals surface area contributed by atoms with Crippen LogP contribution in [0.25, 0.3) is 28.1 Å². The second-order valence-corrected chi connectivity index (χ2v) is 8.64. The number of fused-ring (bicyclic) bond motifs is 1. The lowest BCUT2D eigenvalue weighted by Crippen LogP contribution is -2.11. The Labute approximate surface area is 165 Å². The molecule has 0 bridgehead atoms. The normalized spacial score (nSPS) is 11.8. The number of benzene rings is 2. The lowest BCUT2D eigenvalue weighted by Gasteiger charge is -2.05. The number of carbonyl (C=O) groups excluding carboxylic acids is 1. The maximum atomic E-state index is 13.4. The number of aryl methyl sites for hydroxylation is 1. The number of carbonyl (C=O) groups is 1. The largest absolute Gasteiger partial charge is 0.430 e. The van der Waals surface area contributed by atoms with Crippen molar-refractivity contribution < 1.29 is 22.0 Å². The second-order valence-electron chi connectivity index (χ2n) is 6.62. The summed E-state index contributed by atoms with van der Waals surface area (Å²) in [4.78, 5) is 11.8. The van der Waals surface area contributed by atoms with E-state index in [0.717, 1.165) is 6.26 Å². The van der Waals surface area contributed by atoms with Gasteiger partial charge in [0.05, 0.1) is 16.2 Å². The van der Waals surface area contributed by atoms with Crippen molar-refractivity contribution in [3.8, 4) is 22.4 Å². The van der Waals surface area contributed by atoms with Gasteiger partial charge in [-0.05, 0) is 36.8 Å². The molecule has 0 saturated carbocycles. The monoisotopic (exact) mass is 413 g/mol. The first-order valence-corrected chi connectivity index (χ1v) is 10.4. The van der Waals surface area contributed by atoms with Crippen LogP contribution < -0.4 is 5.73 Å². The van der Waals surface area contributed by atoms with Crippen LogP contribution in [0.4, 0.5) is 4.39 Å². The fraction of sp³-hybridized carbons (Fsp3) is 0.100. The van der Waals surface area contributed by atoms with Gasteiger partial charge in [0.1, 0.15) is 11.5 Å². The molecular formula is C20H16FN3O4S. The molecule has 2 heterocycles. The Bertz CT molecular complexity index is 1350. The van der Waals surface area contributed by atoms with Crippen LogP contribution in [0.5, 0.6) is 0 Å². The number of aromatic nitrogens is 2. The zero-order valence-electron chi connectivity index (χ0n) is 15.5. The van der Waals surface area contributed by atoms with Crippen molar-refractivity contribution >= 4 is 21.5 Å². The predicted octanol–water partition coefficient (Wildman–Crippen LogP) is 3.21. The van der Waals surface area contributed by atoms with E-state index >= 15 is 0 Å². The molecule has 0 aliphatic rings. The third kappa shape index (κ3) is 3.19. The molecule has 0 atom stereocenters. The third-order valence-electron chi connectivity index (χ3n) is 4.60. The van der Waals surface area contributed by atoms with E-state index in [9.17, 15) is 17.6 Å². The van der Waals surface area contributed by atoms with Crippen LogP contribution in [0.3, 0.4) is 0 Å². The van der Waals surface area contributed by atoms with Crippen LogP contribution in [0.2, 0.25) is 0 Å². The molecule has 29 heavy (non-hydrogen) atoms. The van der Waals surface area contributed by atoms with E-state index in [1.807, 2.05) is 0 Å². The zero-order chi connectivity index (χ0) is 20.9. The van der Waals surface area contributed by atoms with Gasteiger partial charge in [-0.25, -0.2) is 17.3 Å². The maximum Gasteiger partial charge on any atom is 0.286 e. The molecule has 2 aromatic heterocycles. The van der Waals surface area contributed by atoms with E-state index in [4.69, 9.17) is 10.2 Å². The van der Waals surface area contributed by atoms with Crippen molar-refractivity contribution in [1.29, 1.82) is 0 Å².